The molecule has 2 heteroatoms. The van der Waals surface area contributed by atoms with E-state index in [1.54, 1.807) is 7.11 Å². The first-order valence-corrected chi connectivity index (χ1v) is 5.12. The summed E-state index contributed by atoms with van der Waals surface area (Å²) in [5.74, 6) is 0.815. The highest BCUT2D eigenvalue weighted by molar-refractivity contribution is 5.91. The maximum atomic E-state index is 5.39. The van der Waals surface area contributed by atoms with Gasteiger partial charge in [-0.05, 0) is 28.5 Å². The molecule has 0 unspecified atom stereocenters. The van der Waals surface area contributed by atoms with E-state index in [0.29, 0.717) is 0 Å². The summed E-state index contributed by atoms with van der Waals surface area (Å²) in [6, 6.07) is 12.1. The zero-order valence-electron chi connectivity index (χ0n) is 9.27. The van der Waals surface area contributed by atoms with Gasteiger partial charge < -0.3 is 9.47 Å². The largest absolute Gasteiger partial charge is 0.468 e. The number of benzene rings is 2. The van der Waals surface area contributed by atoms with Crippen molar-refractivity contribution in [2.75, 3.05) is 13.9 Å². The molecule has 16 heavy (non-hydrogen) atoms. The van der Waals surface area contributed by atoms with Gasteiger partial charge in [0.05, 0.1) is 0 Å². The SMILES string of the molecule is C=Cc1cccc2cc(OCOC)ccc12. The molecule has 0 N–H and O–H groups in total. The van der Waals surface area contributed by atoms with E-state index in [1.807, 2.05) is 36.4 Å². The summed E-state index contributed by atoms with van der Waals surface area (Å²) in [5.41, 5.74) is 1.13. The van der Waals surface area contributed by atoms with E-state index in [-0.39, 0.29) is 6.79 Å². The molecule has 0 heterocycles. The van der Waals surface area contributed by atoms with Crippen molar-refractivity contribution >= 4 is 16.8 Å². The monoisotopic (exact) mass is 214 g/mol. The van der Waals surface area contributed by atoms with Crippen LogP contribution in [0.4, 0.5) is 0 Å². The van der Waals surface area contributed by atoms with Gasteiger partial charge in [0.1, 0.15) is 5.75 Å². The van der Waals surface area contributed by atoms with Crippen LogP contribution in [0.1, 0.15) is 5.56 Å². The second kappa shape index (κ2) is 4.81. The topological polar surface area (TPSA) is 18.5 Å². The minimum atomic E-state index is 0.270. The Balaban J connectivity index is 2.43. The Morgan fingerprint density at radius 3 is 2.88 bits per heavy atom. The van der Waals surface area contributed by atoms with Crippen LogP contribution in [0.25, 0.3) is 16.8 Å². The van der Waals surface area contributed by atoms with Crippen LogP contribution in [-0.4, -0.2) is 13.9 Å². The van der Waals surface area contributed by atoms with Crippen molar-refractivity contribution < 1.29 is 9.47 Å². The fourth-order valence-electron chi connectivity index (χ4n) is 1.68. The van der Waals surface area contributed by atoms with Crippen molar-refractivity contribution in [3.8, 4) is 5.75 Å². The van der Waals surface area contributed by atoms with Gasteiger partial charge in [-0.1, -0.05) is 36.9 Å². The third kappa shape index (κ3) is 2.07. The second-order valence-electron chi connectivity index (χ2n) is 3.49. The normalized spacial score (nSPS) is 10.3. The molecule has 0 amide bonds. The quantitative estimate of drug-likeness (QED) is 0.725. The first-order chi connectivity index (χ1) is 7.85. The summed E-state index contributed by atoms with van der Waals surface area (Å²) in [5, 5.41) is 2.33. The molecular formula is C14H14O2. The molecule has 0 saturated heterocycles. The Hall–Kier alpha value is -1.80. The smallest absolute Gasteiger partial charge is 0.188 e. The molecule has 2 aromatic rings. The lowest BCUT2D eigenvalue weighted by molar-refractivity contribution is 0.0512. The van der Waals surface area contributed by atoms with Gasteiger partial charge in [-0.3, -0.25) is 0 Å². The van der Waals surface area contributed by atoms with Crippen LogP contribution in [-0.2, 0) is 4.74 Å². The third-order valence-electron chi connectivity index (χ3n) is 2.45. The molecule has 0 radical (unpaired) electrons. The number of fused-ring (bicyclic) bond motifs is 1. The maximum Gasteiger partial charge on any atom is 0.188 e. The zero-order valence-corrected chi connectivity index (χ0v) is 9.27. The van der Waals surface area contributed by atoms with Gasteiger partial charge in [0.2, 0.25) is 0 Å². The average molecular weight is 214 g/mol. The highest BCUT2D eigenvalue weighted by atomic mass is 16.7. The molecule has 0 fully saturated rings. The third-order valence-corrected chi connectivity index (χ3v) is 2.45. The molecular weight excluding hydrogens is 200 g/mol. The second-order valence-corrected chi connectivity index (χ2v) is 3.49. The number of methoxy groups -OCH3 is 1. The Bertz CT molecular complexity index is 503. The Morgan fingerprint density at radius 2 is 2.12 bits per heavy atom. The zero-order chi connectivity index (χ0) is 11.4. The van der Waals surface area contributed by atoms with E-state index >= 15 is 0 Å². The first-order valence-electron chi connectivity index (χ1n) is 5.12. The molecule has 0 aliphatic rings. The van der Waals surface area contributed by atoms with Crippen molar-refractivity contribution in [1.29, 1.82) is 0 Å². The van der Waals surface area contributed by atoms with Gasteiger partial charge >= 0.3 is 0 Å². The number of hydrogen-bond donors (Lipinski definition) is 0. The molecule has 0 aliphatic heterocycles. The predicted molar refractivity (Wildman–Crippen MR) is 66.5 cm³/mol. The van der Waals surface area contributed by atoms with E-state index < -0.39 is 0 Å². The fraction of sp³-hybridized carbons (Fsp3) is 0.143. The molecule has 2 nitrogen and oxygen atoms in total. The van der Waals surface area contributed by atoms with Crippen LogP contribution in [0.15, 0.2) is 43.0 Å². The van der Waals surface area contributed by atoms with E-state index in [1.165, 1.54) is 5.39 Å². The van der Waals surface area contributed by atoms with E-state index in [9.17, 15) is 0 Å². The highest BCUT2D eigenvalue weighted by Crippen LogP contribution is 2.24. The summed E-state index contributed by atoms with van der Waals surface area (Å²) < 4.78 is 10.3. The van der Waals surface area contributed by atoms with Crippen LogP contribution in [0, 0.1) is 0 Å². The van der Waals surface area contributed by atoms with Gasteiger partial charge in [0.25, 0.3) is 0 Å². The average Bonchev–Trinajstić information content (AvgIpc) is 2.35. The van der Waals surface area contributed by atoms with Crippen LogP contribution >= 0.6 is 0 Å². The van der Waals surface area contributed by atoms with Crippen molar-refractivity contribution in [3.63, 3.8) is 0 Å². The fourth-order valence-corrected chi connectivity index (χ4v) is 1.68. The maximum absolute atomic E-state index is 5.39. The Labute approximate surface area is 95.1 Å². The predicted octanol–water partition coefficient (Wildman–Crippen LogP) is 3.47. The molecule has 0 atom stereocenters. The molecule has 2 aromatic carbocycles. The van der Waals surface area contributed by atoms with Crippen LogP contribution in [0.2, 0.25) is 0 Å². The summed E-state index contributed by atoms with van der Waals surface area (Å²) in [6.45, 7) is 4.07. The number of ether oxygens (including phenoxy) is 2. The van der Waals surface area contributed by atoms with Gasteiger partial charge in [-0.25, -0.2) is 0 Å². The minimum absolute atomic E-state index is 0.270. The van der Waals surface area contributed by atoms with E-state index in [2.05, 4.69) is 12.6 Å². The molecule has 0 aromatic heterocycles. The summed E-state index contributed by atoms with van der Waals surface area (Å²) >= 11 is 0. The molecule has 2 rings (SSSR count). The van der Waals surface area contributed by atoms with E-state index in [4.69, 9.17) is 9.47 Å². The van der Waals surface area contributed by atoms with Crippen LogP contribution in [0.3, 0.4) is 0 Å². The lowest BCUT2D eigenvalue weighted by Crippen LogP contribution is -1.98. The lowest BCUT2D eigenvalue weighted by atomic mass is 10.0. The molecule has 0 aliphatic carbocycles. The molecule has 0 bridgehead atoms. The van der Waals surface area contributed by atoms with Crippen LogP contribution in [0.5, 0.6) is 5.75 Å². The van der Waals surface area contributed by atoms with Crippen molar-refractivity contribution in [3.05, 3.63) is 48.5 Å². The first kappa shape index (κ1) is 10.7. The molecule has 82 valence electrons. The molecule has 0 saturated carbocycles. The number of rotatable bonds is 4. The summed E-state index contributed by atoms with van der Waals surface area (Å²) in [4.78, 5) is 0. The van der Waals surface area contributed by atoms with Gasteiger partial charge in [-0.2, -0.15) is 0 Å². The Kier molecular flexibility index (Phi) is 3.22. The van der Waals surface area contributed by atoms with Gasteiger partial charge in [0, 0.05) is 7.11 Å². The van der Waals surface area contributed by atoms with Crippen molar-refractivity contribution in [2.24, 2.45) is 0 Å². The lowest BCUT2D eigenvalue weighted by Gasteiger charge is -2.07. The minimum Gasteiger partial charge on any atom is -0.468 e. The summed E-state index contributed by atoms with van der Waals surface area (Å²) in [7, 11) is 1.61. The summed E-state index contributed by atoms with van der Waals surface area (Å²) in [6.07, 6.45) is 1.86. The standard InChI is InChI=1S/C14H14O2/c1-3-11-5-4-6-12-9-13(16-10-15-2)7-8-14(11)12/h3-9H,1,10H2,2H3. The van der Waals surface area contributed by atoms with Crippen LogP contribution < -0.4 is 4.74 Å². The highest BCUT2D eigenvalue weighted by Gasteiger charge is 1.99. The van der Waals surface area contributed by atoms with Crippen molar-refractivity contribution in [2.45, 2.75) is 0 Å². The van der Waals surface area contributed by atoms with Gasteiger partial charge in [-0.15, -0.1) is 0 Å². The Morgan fingerprint density at radius 1 is 1.25 bits per heavy atom. The molecule has 0 spiro atoms. The van der Waals surface area contributed by atoms with Gasteiger partial charge in [0.15, 0.2) is 6.79 Å². The van der Waals surface area contributed by atoms with E-state index in [0.717, 1.165) is 16.7 Å². The van der Waals surface area contributed by atoms with Crippen molar-refractivity contribution in [1.82, 2.24) is 0 Å². The number of hydrogen-bond acceptors (Lipinski definition) is 2.